The Morgan fingerprint density at radius 3 is 2.62 bits per heavy atom. The van der Waals surface area contributed by atoms with Crippen LogP contribution in [0.5, 0.6) is 0 Å². The number of amides is 1. The lowest BCUT2D eigenvalue weighted by molar-refractivity contribution is -0.383. The highest BCUT2D eigenvalue weighted by atomic mass is 16.6. The summed E-state index contributed by atoms with van der Waals surface area (Å²) in [5, 5.41) is 14.1. The summed E-state index contributed by atoms with van der Waals surface area (Å²) in [5.74, 6) is -0.940. The van der Waals surface area contributed by atoms with Gasteiger partial charge in [-0.05, 0) is 31.0 Å². The van der Waals surface area contributed by atoms with Gasteiger partial charge in [0.2, 0.25) is 0 Å². The molecule has 2 aromatic carbocycles. The monoisotopic (exact) mass is 391 g/mol. The third-order valence-corrected chi connectivity index (χ3v) is 4.66. The SMILES string of the molecule is O=C(COC(=O)c1cc(C2CC2)nc2ccccc12)Nc1ccccc1[N+](=O)[O-]. The highest BCUT2D eigenvalue weighted by Gasteiger charge is 2.27. The number of anilines is 1. The number of nitro benzene ring substituents is 1. The number of nitrogens with one attached hydrogen (secondary N) is 1. The molecule has 1 N–H and O–H groups in total. The van der Waals surface area contributed by atoms with Gasteiger partial charge in [-0.25, -0.2) is 4.79 Å². The molecule has 1 amide bonds. The lowest BCUT2D eigenvalue weighted by Crippen LogP contribution is -2.21. The zero-order valence-electron chi connectivity index (χ0n) is 15.3. The molecular formula is C21H17N3O5. The van der Waals surface area contributed by atoms with Crippen LogP contribution in [0.15, 0.2) is 54.6 Å². The zero-order chi connectivity index (χ0) is 20.4. The van der Waals surface area contributed by atoms with Crippen molar-refractivity contribution in [2.75, 3.05) is 11.9 Å². The van der Waals surface area contributed by atoms with E-state index in [1.165, 1.54) is 18.2 Å². The Labute approximate surface area is 165 Å². The predicted octanol–water partition coefficient (Wildman–Crippen LogP) is 3.82. The first kappa shape index (κ1) is 18.5. The van der Waals surface area contributed by atoms with E-state index in [1.807, 2.05) is 12.1 Å². The van der Waals surface area contributed by atoms with Gasteiger partial charge in [0.05, 0.1) is 16.0 Å². The number of carbonyl (C=O) groups is 2. The number of hydrogen-bond donors (Lipinski definition) is 1. The molecule has 1 heterocycles. The van der Waals surface area contributed by atoms with E-state index >= 15 is 0 Å². The molecule has 1 aromatic heterocycles. The van der Waals surface area contributed by atoms with Gasteiger partial charge in [-0.3, -0.25) is 19.9 Å². The Balaban J connectivity index is 1.49. The van der Waals surface area contributed by atoms with Gasteiger partial charge in [0.1, 0.15) is 5.69 Å². The molecule has 8 nitrogen and oxygen atoms in total. The number of aromatic nitrogens is 1. The maximum atomic E-state index is 12.6. The Morgan fingerprint density at radius 1 is 1.14 bits per heavy atom. The first-order chi connectivity index (χ1) is 14.0. The van der Waals surface area contributed by atoms with Gasteiger partial charge in [0.25, 0.3) is 11.6 Å². The van der Waals surface area contributed by atoms with E-state index in [-0.39, 0.29) is 11.4 Å². The molecule has 1 aliphatic carbocycles. The molecule has 3 aromatic rings. The second-order valence-electron chi connectivity index (χ2n) is 6.78. The summed E-state index contributed by atoms with van der Waals surface area (Å²) in [6, 6.07) is 14.8. The summed E-state index contributed by atoms with van der Waals surface area (Å²) in [6.45, 7) is -0.555. The van der Waals surface area contributed by atoms with E-state index < -0.39 is 23.4 Å². The van der Waals surface area contributed by atoms with Gasteiger partial charge in [0.15, 0.2) is 6.61 Å². The molecule has 0 aliphatic heterocycles. The summed E-state index contributed by atoms with van der Waals surface area (Å²) >= 11 is 0. The number of benzene rings is 2. The lowest BCUT2D eigenvalue weighted by Gasteiger charge is -2.10. The second-order valence-corrected chi connectivity index (χ2v) is 6.78. The number of carbonyl (C=O) groups excluding carboxylic acids is 2. The van der Waals surface area contributed by atoms with Crippen LogP contribution < -0.4 is 5.32 Å². The van der Waals surface area contributed by atoms with Crippen molar-refractivity contribution in [2.45, 2.75) is 18.8 Å². The summed E-state index contributed by atoms with van der Waals surface area (Å²) in [5.41, 5.74) is 1.72. The van der Waals surface area contributed by atoms with Crippen LogP contribution >= 0.6 is 0 Å². The fourth-order valence-electron chi connectivity index (χ4n) is 3.09. The zero-order valence-corrected chi connectivity index (χ0v) is 15.3. The van der Waals surface area contributed by atoms with E-state index in [2.05, 4.69) is 10.3 Å². The number of nitro groups is 1. The number of nitrogens with zero attached hydrogens (tertiary/aromatic N) is 2. The number of pyridine rings is 1. The Hall–Kier alpha value is -3.81. The minimum atomic E-state index is -0.659. The van der Waals surface area contributed by atoms with Crippen LogP contribution in [0.25, 0.3) is 10.9 Å². The molecule has 0 spiro atoms. The number of para-hydroxylation sites is 3. The average Bonchev–Trinajstić information content (AvgIpc) is 3.57. The smallest absolute Gasteiger partial charge is 0.339 e. The van der Waals surface area contributed by atoms with Crippen molar-refractivity contribution in [3.63, 3.8) is 0 Å². The van der Waals surface area contributed by atoms with Crippen molar-refractivity contribution in [2.24, 2.45) is 0 Å². The number of fused-ring (bicyclic) bond motifs is 1. The molecule has 1 fully saturated rings. The van der Waals surface area contributed by atoms with E-state index in [0.717, 1.165) is 18.5 Å². The van der Waals surface area contributed by atoms with Crippen LogP contribution in [-0.2, 0) is 9.53 Å². The number of hydrogen-bond acceptors (Lipinski definition) is 6. The maximum absolute atomic E-state index is 12.6. The van der Waals surface area contributed by atoms with Crippen LogP contribution in [-0.4, -0.2) is 28.4 Å². The largest absolute Gasteiger partial charge is 0.452 e. The third-order valence-electron chi connectivity index (χ3n) is 4.66. The molecule has 29 heavy (non-hydrogen) atoms. The van der Waals surface area contributed by atoms with Gasteiger partial charge in [-0.2, -0.15) is 0 Å². The van der Waals surface area contributed by atoms with Gasteiger partial charge >= 0.3 is 5.97 Å². The first-order valence-corrected chi connectivity index (χ1v) is 9.13. The standard InChI is InChI=1S/C21H17N3O5/c25-20(23-17-7-3-4-8-19(17)24(27)28)12-29-21(26)15-11-18(13-9-10-13)22-16-6-2-1-5-14(15)16/h1-8,11,13H,9-10,12H2,(H,23,25). The molecule has 0 atom stereocenters. The third kappa shape index (κ3) is 4.06. The summed E-state index contributed by atoms with van der Waals surface area (Å²) < 4.78 is 5.18. The van der Waals surface area contributed by atoms with Crippen molar-refractivity contribution >= 4 is 34.2 Å². The summed E-state index contributed by atoms with van der Waals surface area (Å²) in [6.07, 6.45) is 2.08. The molecule has 1 aliphatic rings. The second kappa shape index (κ2) is 7.67. The van der Waals surface area contributed by atoms with Crippen molar-refractivity contribution in [3.05, 3.63) is 76.0 Å². The molecule has 1 saturated carbocycles. The molecule has 4 rings (SSSR count). The van der Waals surface area contributed by atoms with Gasteiger partial charge in [0, 0.05) is 23.1 Å². The molecule has 0 saturated heterocycles. The fraction of sp³-hybridized carbons (Fsp3) is 0.190. The van der Waals surface area contributed by atoms with Crippen molar-refractivity contribution in [1.29, 1.82) is 0 Å². The molecule has 146 valence electrons. The predicted molar refractivity (Wildman–Crippen MR) is 106 cm³/mol. The van der Waals surface area contributed by atoms with E-state index in [1.54, 1.807) is 24.3 Å². The Bertz CT molecular complexity index is 1120. The van der Waals surface area contributed by atoms with Crippen LogP contribution in [0.1, 0.15) is 34.8 Å². The average molecular weight is 391 g/mol. The van der Waals surface area contributed by atoms with Crippen LogP contribution in [0.4, 0.5) is 11.4 Å². The van der Waals surface area contributed by atoms with E-state index in [9.17, 15) is 19.7 Å². The summed E-state index contributed by atoms with van der Waals surface area (Å²) in [7, 11) is 0. The van der Waals surface area contributed by atoms with Crippen molar-refractivity contribution in [3.8, 4) is 0 Å². The van der Waals surface area contributed by atoms with Crippen molar-refractivity contribution < 1.29 is 19.2 Å². The highest BCUT2D eigenvalue weighted by Crippen LogP contribution is 2.40. The molecule has 0 unspecified atom stereocenters. The Morgan fingerprint density at radius 2 is 1.86 bits per heavy atom. The number of esters is 1. The lowest BCUT2D eigenvalue weighted by atomic mass is 10.1. The fourth-order valence-corrected chi connectivity index (χ4v) is 3.09. The quantitative estimate of drug-likeness (QED) is 0.388. The highest BCUT2D eigenvalue weighted by molar-refractivity contribution is 6.04. The molecule has 0 radical (unpaired) electrons. The number of rotatable bonds is 6. The van der Waals surface area contributed by atoms with Gasteiger partial charge < -0.3 is 10.1 Å². The molecule has 8 heteroatoms. The minimum absolute atomic E-state index is 0.0453. The number of ether oxygens (including phenoxy) is 1. The van der Waals surface area contributed by atoms with E-state index in [4.69, 9.17) is 4.74 Å². The van der Waals surface area contributed by atoms with Crippen LogP contribution in [0.3, 0.4) is 0 Å². The summed E-state index contributed by atoms with van der Waals surface area (Å²) in [4.78, 5) is 39.8. The molecule has 0 bridgehead atoms. The first-order valence-electron chi connectivity index (χ1n) is 9.13. The van der Waals surface area contributed by atoms with Crippen LogP contribution in [0, 0.1) is 10.1 Å². The molecular weight excluding hydrogens is 374 g/mol. The topological polar surface area (TPSA) is 111 Å². The Kier molecular flexibility index (Phi) is 4.90. The van der Waals surface area contributed by atoms with E-state index in [0.29, 0.717) is 22.4 Å². The maximum Gasteiger partial charge on any atom is 0.339 e. The minimum Gasteiger partial charge on any atom is -0.452 e. The van der Waals surface area contributed by atoms with Crippen molar-refractivity contribution in [1.82, 2.24) is 4.98 Å². The van der Waals surface area contributed by atoms with Crippen LogP contribution in [0.2, 0.25) is 0 Å². The van der Waals surface area contributed by atoms with Gasteiger partial charge in [-0.15, -0.1) is 0 Å². The van der Waals surface area contributed by atoms with Gasteiger partial charge in [-0.1, -0.05) is 30.3 Å². The normalized spacial score (nSPS) is 13.1.